The van der Waals surface area contributed by atoms with Crippen molar-refractivity contribution in [1.29, 1.82) is 0 Å². The van der Waals surface area contributed by atoms with Crippen molar-refractivity contribution in [2.24, 2.45) is 0 Å². The number of aryl methyl sites for hydroxylation is 1. The quantitative estimate of drug-likeness (QED) is 0.502. The lowest BCUT2D eigenvalue weighted by atomic mass is 10.1. The van der Waals surface area contributed by atoms with E-state index in [1.165, 1.54) is 6.20 Å². The number of amides is 2. The van der Waals surface area contributed by atoms with E-state index in [-0.39, 0.29) is 5.76 Å². The van der Waals surface area contributed by atoms with E-state index in [4.69, 9.17) is 16.0 Å². The molecule has 0 fully saturated rings. The first-order valence-electron chi connectivity index (χ1n) is 8.85. The molecule has 7 nitrogen and oxygen atoms in total. The van der Waals surface area contributed by atoms with Crippen LogP contribution in [0.1, 0.15) is 32.2 Å². The average molecular weight is 409 g/mol. The molecule has 0 saturated carbocycles. The summed E-state index contributed by atoms with van der Waals surface area (Å²) >= 11 is 6.02. The van der Waals surface area contributed by atoms with Gasteiger partial charge in [0, 0.05) is 16.0 Å². The monoisotopic (exact) mass is 408 g/mol. The van der Waals surface area contributed by atoms with Gasteiger partial charge in [0.05, 0.1) is 23.1 Å². The molecule has 0 saturated heterocycles. The van der Waals surface area contributed by atoms with Gasteiger partial charge in [-0.05, 0) is 38.1 Å². The molecule has 0 aliphatic carbocycles. The highest BCUT2D eigenvalue weighted by atomic mass is 35.5. The van der Waals surface area contributed by atoms with E-state index in [0.717, 1.165) is 11.1 Å². The first-order chi connectivity index (χ1) is 14.0. The predicted molar refractivity (Wildman–Crippen MR) is 109 cm³/mol. The zero-order chi connectivity index (χ0) is 20.5. The molecule has 0 atom stereocenters. The summed E-state index contributed by atoms with van der Waals surface area (Å²) in [7, 11) is 0. The van der Waals surface area contributed by atoms with Crippen LogP contribution in [0.3, 0.4) is 0 Å². The van der Waals surface area contributed by atoms with E-state index in [9.17, 15) is 9.59 Å². The fraction of sp³-hybridized carbons (Fsp3) is 0.0952. The first-order valence-corrected chi connectivity index (χ1v) is 9.23. The van der Waals surface area contributed by atoms with Gasteiger partial charge in [-0.15, -0.1) is 0 Å². The van der Waals surface area contributed by atoms with Gasteiger partial charge in [-0.3, -0.25) is 20.4 Å². The molecular weight excluding hydrogens is 392 g/mol. The molecule has 0 aliphatic heterocycles. The van der Waals surface area contributed by atoms with Gasteiger partial charge in [0.25, 0.3) is 5.91 Å². The molecule has 0 radical (unpaired) electrons. The SMILES string of the molecule is Cc1c(C(=O)NNC(=O)c2cnn(-c3cccc(Cl)c3)c2C)oc2ccccc12. The van der Waals surface area contributed by atoms with Crippen LogP contribution < -0.4 is 10.9 Å². The molecule has 2 aromatic carbocycles. The Kier molecular flexibility index (Phi) is 4.82. The summed E-state index contributed by atoms with van der Waals surface area (Å²) in [4.78, 5) is 25.0. The average Bonchev–Trinajstić information content (AvgIpc) is 3.26. The van der Waals surface area contributed by atoms with Crippen molar-refractivity contribution in [3.05, 3.63) is 82.3 Å². The fourth-order valence-electron chi connectivity index (χ4n) is 3.13. The van der Waals surface area contributed by atoms with Gasteiger partial charge in [-0.2, -0.15) is 5.10 Å². The molecule has 0 aliphatic rings. The van der Waals surface area contributed by atoms with E-state index in [1.54, 1.807) is 42.8 Å². The lowest BCUT2D eigenvalue weighted by Crippen LogP contribution is -2.41. The van der Waals surface area contributed by atoms with Crippen LogP contribution in [0.15, 0.2) is 59.1 Å². The van der Waals surface area contributed by atoms with Crippen molar-refractivity contribution >= 4 is 34.4 Å². The Morgan fingerprint density at radius 2 is 1.79 bits per heavy atom. The molecule has 0 bridgehead atoms. The normalized spacial score (nSPS) is 10.9. The first kappa shape index (κ1) is 18.8. The van der Waals surface area contributed by atoms with Crippen LogP contribution in [-0.4, -0.2) is 21.6 Å². The summed E-state index contributed by atoms with van der Waals surface area (Å²) in [5.74, 6) is -0.873. The van der Waals surface area contributed by atoms with Crippen molar-refractivity contribution < 1.29 is 14.0 Å². The van der Waals surface area contributed by atoms with Gasteiger partial charge in [0.1, 0.15) is 5.58 Å². The summed E-state index contributed by atoms with van der Waals surface area (Å²) in [6, 6.07) is 14.5. The molecule has 4 aromatic rings. The number of fused-ring (bicyclic) bond motifs is 1. The Bertz CT molecular complexity index is 1240. The molecule has 0 spiro atoms. The number of carbonyl (C=O) groups is 2. The molecule has 2 aromatic heterocycles. The van der Waals surface area contributed by atoms with Crippen LogP contribution >= 0.6 is 11.6 Å². The van der Waals surface area contributed by atoms with Gasteiger partial charge in [-0.1, -0.05) is 35.9 Å². The minimum atomic E-state index is -0.535. The Morgan fingerprint density at radius 3 is 2.55 bits per heavy atom. The second-order valence-electron chi connectivity index (χ2n) is 6.50. The molecule has 4 rings (SSSR count). The van der Waals surface area contributed by atoms with Crippen LogP contribution in [0, 0.1) is 13.8 Å². The van der Waals surface area contributed by atoms with Crippen molar-refractivity contribution in [2.45, 2.75) is 13.8 Å². The number of rotatable bonds is 3. The minimum Gasteiger partial charge on any atom is -0.451 e. The molecule has 29 heavy (non-hydrogen) atoms. The number of aromatic nitrogens is 2. The topological polar surface area (TPSA) is 89.2 Å². The van der Waals surface area contributed by atoms with E-state index in [2.05, 4.69) is 16.0 Å². The highest BCUT2D eigenvalue weighted by molar-refractivity contribution is 6.30. The number of benzene rings is 2. The van der Waals surface area contributed by atoms with Crippen LogP contribution in [0.4, 0.5) is 0 Å². The van der Waals surface area contributed by atoms with Crippen molar-refractivity contribution in [1.82, 2.24) is 20.6 Å². The van der Waals surface area contributed by atoms with Gasteiger partial charge in [0.15, 0.2) is 5.76 Å². The number of para-hydroxylation sites is 1. The van der Waals surface area contributed by atoms with E-state index in [0.29, 0.717) is 27.4 Å². The molecule has 0 unspecified atom stereocenters. The molecular formula is C21H17ClN4O3. The van der Waals surface area contributed by atoms with Crippen molar-refractivity contribution in [3.63, 3.8) is 0 Å². The Balaban J connectivity index is 1.50. The number of hydrogen-bond acceptors (Lipinski definition) is 4. The van der Waals surface area contributed by atoms with Gasteiger partial charge in [0.2, 0.25) is 0 Å². The maximum absolute atomic E-state index is 12.5. The lowest BCUT2D eigenvalue weighted by Gasteiger charge is -2.07. The van der Waals surface area contributed by atoms with Crippen molar-refractivity contribution in [3.8, 4) is 5.69 Å². The highest BCUT2D eigenvalue weighted by Crippen LogP contribution is 2.24. The van der Waals surface area contributed by atoms with E-state index in [1.807, 2.05) is 24.3 Å². The Labute approximate surface area is 171 Å². The molecule has 2 amide bonds. The Hall–Kier alpha value is -3.58. The number of carbonyl (C=O) groups excluding carboxylic acids is 2. The summed E-state index contributed by atoms with van der Waals surface area (Å²) in [5.41, 5.74) is 7.79. The molecule has 146 valence electrons. The summed E-state index contributed by atoms with van der Waals surface area (Å²) in [6.07, 6.45) is 1.43. The van der Waals surface area contributed by atoms with Gasteiger partial charge >= 0.3 is 5.91 Å². The summed E-state index contributed by atoms with van der Waals surface area (Å²) in [6.45, 7) is 3.55. The third-order valence-electron chi connectivity index (χ3n) is 4.65. The summed E-state index contributed by atoms with van der Waals surface area (Å²) < 4.78 is 7.21. The van der Waals surface area contributed by atoms with E-state index < -0.39 is 11.8 Å². The lowest BCUT2D eigenvalue weighted by molar-refractivity contribution is 0.0831. The van der Waals surface area contributed by atoms with Crippen molar-refractivity contribution in [2.75, 3.05) is 0 Å². The number of hydrogen-bond donors (Lipinski definition) is 2. The molecule has 2 heterocycles. The third kappa shape index (κ3) is 3.48. The standard InChI is InChI=1S/C21H17ClN4O3/c1-12-16-8-3-4-9-18(16)29-19(12)21(28)25-24-20(27)17-11-23-26(13(17)2)15-7-5-6-14(22)10-15/h3-11H,1-2H3,(H,24,27)(H,25,28). The van der Waals surface area contributed by atoms with Crippen LogP contribution in [-0.2, 0) is 0 Å². The van der Waals surface area contributed by atoms with E-state index >= 15 is 0 Å². The smallest absolute Gasteiger partial charge is 0.305 e. The number of halogens is 1. The Morgan fingerprint density at radius 1 is 1.03 bits per heavy atom. The zero-order valence-electron chi connectivity index (χ0n) is 15.7. The minimum absolute atomic E-state index is 0.151. The zero-order valence-corrected chi connectivity index (χ0v) is 16.4. The summed E-state index contributed by atoms with van der Waals surface area (Å²) in [5, 5.41) is 5.66. The molecule has 8 heteroatoms. The molecule has 2 N–H and O–H groups in total. The predicted octanol–water partition coefficient (Wildman–Crippen LogP) is 3.96. The third-order valence-corrected chi connectivity index (χ3v) is 4.88. The number of nitrogens with zero attached hydrogens (tertiary/aromatic N) is 2. The number of furan rings is 1. The second kappa shape index (κ2) is 7.44. The second-order valence-corrected chi connectivity index (χ2v) is 6.93. The maximum atomic E-state index is 12.5. The van der Waals surface area contributed by atoms with Crippen LogP contribution in [0.2, 0.25) is 5.02 Å². The maximum Gasteiger partial charge on any atom is 0.305 e. The van der Waals surface area contributed by atoms with Crippen LogP contribution in [0.25, 0.3) is 16.7 Å². The largest absolute Gasteiger partial charge is 0.451 e. The van der Waals surface area contributed by atoms with Crippen LogP contribution in [0.5, 0.6) is 0 Å². The number of hydrazine groups is 1. The highest BCUT2D eigenvalue weighted by Gasteiger charge is 2.20. The van der Waals surface area contributed by atoms with Gasteiger partial charge in [-0.25, -0.2) is 4.68 Å². The number of nitrogens with one attached hydrogen (secondary N) is 2. The van der Waals surface area contributed by atoms with Gasteiger partial charge < -0.3 is 4.42 Å². The fourth-order valence-corrected chi connectivity index (χ4v) is 3.31.